The summed E-state index contributed by atoms with van der Waals surface area (Å²) in [5.74, 6) is 0. The fraction of sp³-hybridized carbons (Fsp3) is 0.750. The molecule has 9 heavy (non-hydrogen) atoms. The normalized spacial score (nSPS) is 11.0. The molecule has 0 heterocycles. The van der Waals surface area contributed by atoms with Crippen LogP contribution in [0.2, 0.25) is 0 Å². The van der Waals surface area contributed by atoms with E-state index in [4.69, 9.17) is 0 Å². The predicted molar refractivity (Wildman–Crippen MR) is 43.7 cm³/mol. The van der Waals surface area contributed by atoms with Crippen molar-refractivity contribution in [3.63, 3.8) is 0 Å². The van der Waals surface area contributed by atoms with Crippen LogP contribution in [0.5, 0.6) is 0 Å². The molecule has 48 valence electrons. The van der Waals surface area contributed by atoms with Crippen molar-refractivity contribution in [1.82, 2.24) is 0 Å². The van der Waals surface area contributed by atoms with Crippen molar-refractivity contribution < 1.29 is 0 Å². The van der Waals surface area contributed by atoms with E-state index in [0.29, 0.717) is 0 Å². The molecule has 0 bridgehead atoms. The van der Waals surface area contributed by atoms with Gasteiger partial charge >= 0.3 is 66.3 Å². The molecule has 0 amide bonds. The van der Waals surface area contributed by atoms with E-state index in [2.05, 4.69) is 29.3 Å². The Morgan fingerprint density at radius 2 is 2.00 bits per heavy atom. The summed E-state index contributed by atoms with van der Waals surface area (Å²) in [5.41, 5.74) is 0. The Labute approximate surface area is 66.8 Å². The van der Waals surface area contributed by atoms with Crippen LogP contribution in [0.1, 0.15) is 39.0 Å². The minimum absolute atomic E-state index is 1.25. The quantitative estimate of drug-likeness (QED) is 0.404. The van der Waals surface area contributed by atoms with Crippen LogP contribution in [0.4, 0.5) is 0 Å². The van der Waals surface area contributed by atoms with Gasteiger partial charge in [-0.2, -0.15) is 0 Å². The third kappa shape index (κ3) is 8.27. The van der Waals surface area contributed by atoms with Crippen LogP contribution in [-0.2, 0) is 0 Å². The number of unbranched alkanes of at least 4 members (excludes halogenated alkanes) is 4. The van der Waals surface area contributed by atoms with Gasteiger partial charge in [-0.15, -0.1) is 0 Å². The van der Waals surface area contributed by atoms with Gasteiger partial charge in [0.15, 0.2) is 0 Å². The standard InChI is InChI=1S/C8H15.Al/c1-3-5-7-8-6-4-2;/h1,3H,4-8H2,2H3;/q;+2. The summed E-state index contributed by atoms with van der Waals surface area (Å²) in [6.45, 7) is 2.24. The van der Waals surface area contributed by atoms with E-state index < -0.39 is 0 Å². The molecule has 0 rings (SSSR count). The molecule has 0 atom stereocenters. The van der Waals surface area contributed by atoms with Gasteiger partial charge in [-0.1, -0.05) is 0 Å². The average molecular weight is 138 g/mol. The van der Waals surface area contributed by atoms with Crippen molar-refractivity contribution in [3.05, 3.63) is 11.0 Å². The molecule has 0 radical (unpaired) electrons. The van der Waals surface area contributed by atoms with Crippen molar-refractivity contribution in [2.24, 2.45) is 0 Å². The summed E-state index contributed by atoms with van der Waals surface area (Å²) < 4.78 is 0. The second-order valence-corrected chi connectivity index (χ2v) is 2.66. The number of hydrogen-bond donors (Lipinski definition) is 0. The van der Waals surface area contributed by atoms with Crippen LogP contribution in [-0.4, -0.2) is 16.3 Å². The fourth-order valence-corrected chi connectivity index (χ4v) is 0.978. The molecular weight excluding hydrogens is 123 g/mol. The zero-order valence-corrected chi connectivity index (χ0v) is 7.42. The maximum absolute atomic E-state index is 2.60. The molecular formula is C8H15Al+2. The molecule has 0 aliphatic carbocycles. The number of hydrogen-bond acceptors (Lipinski definition) is 0. The van der Waals surface area contributed by atoms with E-state index in [1.807, 2.05) is 4.94 Å². The molecule has 0 saturated carbocycles. The van der Waals surface area contributed by atoms with Crippen molar-refractivity contribution in [2.45, 2.75) is 39.0 Å². The van der Waals surface area contributed by atoms with Gasteiger partial charge < -0.3 is 0 Å². The molecule has 0 aromatic rings. The van der Waals surface area contributed by atoms with Gasteiger partial charge in [-0.3, -0.25) is 0 Å². The van der Waals surface area contributed by atoms with Crippen LogP contribution in [0.25, 0.3) is 0 Å². The fourth-order valence-electron chi connectivity index (χ4n) is 0.785. The minimum atomic E-state index is 1.25. The molecule has 1 heteroatoms. The van der Waals surface area contributed by atoms with Crippen LogP contribution in [0.15, 0.2) is 11.0 Å². The van der Waals surface area contributed by atoms with Gasteiger partial charge in [0, 0.05) is 0 Å². The predicted octanol–water partition coefficient (Wildman–Crippen LogP) is 2.64. The van der Waals surface area contributed by atoms with E-state index in [9.17, 15) is 0 Å². The van der Waals surface area contributed by atoms with E-state index in [-0.39, 0.29) is 0 Å². The Balaban J connectivity index is 2.75. The second-order valence-electron chi connectivity index (χ2n) is 2.28. The van der Waals surface area contributed by atoms with Gasteiger partial charge in [0.1, 0.15) is 0 Å². The molecule has 0 aliphatic heterocycles. The first-order valence-corrected chi connectivity index (χ1v) is 4.45. The van der Waals surface area contributed by atoms with Gasteiger partial charge in [0.2, 0.25) is 0 Å². The molecule has 0 fully saturated rings. The Kier molecular flexibility index (Phi) is 8.52. The number of allylic oxidation sites excluding steroid dienone is 1. The van der Waals surface area contributed by atoms with Crippen LogP contribution < -0.4 is 0 Å². The van der Waals surface area contributed by atoms with Crippen molar-refractivity contribution in [1.29, 1.82) is 0 Å². The topological polar surface area (TPSA) is 0 Å². The van der Waals surface area contributed by atoms with Gasteiger partial charge in [0.25, 0.3) is 0 Å². The monoisotopic (exact) mass is 138 g/mol. The first kappa shape index (κ1) is 9.27. The van der Waals surface area contributed by atoms with E-state index in [1.165, 1.54) is 32.1 Å². The molecule has 0 aromatic carbocycles. The van der Waals surface area contributed by atoms with Crippen LogP contribution >= 0.6 is 0 Å². The third-order valence-electron chi connectivity index (χ3n) is 1.36. The Hall–Kier alpha value is 0.272. The van der Waals surface area contributed by atoms with Crippen molar-refractivity contribution in [3.8, 4) is 0 Å². The molecule has 0 unspecified atom stereocenters. The molecule has 0 nitrogen and oxygen atoms in total. The summed E-state index contributed by atoms with van der Waals surface area (Å²) in [7, 11) is 0. The summed E-state index contributed by atoms with van der Waals surface area (Å²) in [6.07, 6.45) is 8.95. The Bertz CT molecular complexity index is 67.0. The zero-order chi connectivity index (χ0) is 6.95. The first-order valence-electron chi connectivity index (χ1n) is 3.78. The summed E-state index contributed by atoms with van der Waals surface area (Å²) in [6, 6.07) is 0. The van der Waals surface area contributed by atoms with Gasteiger partial charge in [-0.05, 0) is 0 Å². The average Bonchev–Trinajstić information content (AvgIpc) is 1.89. The molecule has 0 spiro atoms. The second kappa shape index (κ2) is 8.27. The van der Waals surface area contributed by atoms with Crippen molar-refractivity contribution in [2.75, 3.05) is 0 Å². The van der Waals surface area contributed by atoms with E-state index in [0.717, 1.165) is 0 Å². The van der Waals surface area contributed by atoms with Crippen molar-refractivity contribution >= 4 is 16.3 Å². The van der Waals surface area contributed by atoms with Crippen LogP contribution in [0, 0.1) is 0 Å². The molecule has 0 N–H and O–H groups in total. The summed E-state index contributed by atoms with van der Waals surface area (Å²) >= 11 is 2.60. The van der Waals surface area contributed by atoms with Gasteiger partial charge in [-0.25, -0.2) is 0 Å². The van der Waals surface area contributed by atoms with E-state index in [1.54, 1.807) is 0 Å². The van der Waals surface area contributed by atoms with Crippen LogP contribution in [0.3, 0.4) is 0 Å². The molecule has 0 saturated heterocycles. The molecule has 0 aliphatic rings. The molecule has 0 aromatic heterocycles. The SMILES string of the molecule is CCCCCCC=[CH][Al+2]. The van der Waals surface area contributed by atoms with Gasteiger partial charge in [0.05, 0.1) is 0 Å². The summed E-state index contributed by atoms with van der Waals surface area (Å²) in [5, 5.41) is 0. The Morgan fingerprint density at radius 1 is 1.22 bits per heavy atom. The van der Waals surface area contributed by atoms with E-state index >= 15 is 0 Å². The summed E-state index contributed by atoms with van der Waals surface area (Å²) in [4.78, 5) is 2.05. The maximum atomic E-state index is 2.60. The first-order chi connectivity index (χ1) is 4.41. The zero-order valence-electron chi connectivity index (χ0n) is 6.27. The number of rotatable bonds is 5. The third-order valence-corrected chi connectivity index (χ3v) is 1.63. The Morgan fingerprint density at radius 3 is 2.56 bits per heavy atom.